The lowest BCUT2D eigenvalue weighted by molar-refractivity contribution is -0.384. The van der Waals surface area contributed by atoms with Crippen LogP contribution in [0.3, 0.4) is 0 Å². The Morgan fingerprint density at radius 3 is 2.54 bits per heavy atom. The van der Waals surface area contributed by atoms with Gasteiger partial charge in [0.1, 0.15) is 5.54 Å². The number of benzene rings is 1. The molecule has 0 bridgehead atoms. The molecule has 1 rings (SSSR count). The van der Waals surface area contributed by atoms with Crippen molar-refractivity contribution in [1.82, 2.24) is 5.32 Å². The molecule has 0 spiro atoms. The summed E-state index contributed by atoms with van der Waals surface area (Å²) in [5, 5.41) is 16.4. The number of rotatable bonds is 8. The molecular weight excluding hydrogens is 314 g/mol. The molecule has 0 saturated carbocycles. The lowest BCUT2D eigenvalue weighted by atomic mass is 10.1. The zero-order chi connectivity index (χ0) is 18.3. The zero-order valence-corrected chi connectivity index (χ0v) is 14.3. The first-order valence-electron chi connectivity index (χ1n) is 7.64. The van der Waals surface area contributed by atoms with Gasteiger partial charge in [-0.1, -0.05) is 0 Å². The maximum Gasteiger partial charge on any atom is 0.325 e. The summed E-state index contributed by atoms with van der Waals surface area (Å²) in [6.07, 6.45) is 0.152. The lowest BCUT2D eigenvalue weighted by Crippen LogP contribution is -2.48. The van der Waals surface area contributed by atoms with Crippen molar-refractivity contribution in [2.45, 2.75) is 39.7 Å². The summed E-state index contributed by atoms with van der Waals surface area (Å²) in [6.45, 7) is 7.37. The Kier molecular flexibility index (Phi) is 6.84. The predicted octanol–water partition coefficient (Wildman–Crippen LogP) is 2.16. The smallest absolute Gasteiger partial charge is 0.325 e. The van der Waals surface area contributed by atoms with Gasteiger partial charge in [-0.2, -0.15) is 0 Å². The van der Waals surface area contributed by atoms with Gasteiger partial charge in [-0.25, -0.2) is 0 Å². The lowest BCUT2D eigenvalue weighted by Gasteiger charge is -2.23. The largest absolute Gasteiger partial charge is 0.465 e. The van der Waals surface area contributed by atoms with Crippen LogP contribution in [0.1, 0.15) is 32.8 Å². The average molecular weight is 337 g/mol. The van der Waals surface area contributed by atoms with E-state index in [1.54, 1.807) is 27.7 Å². The first-order chi connectivity index (χ1) is 11.2. The van der Waals surface area contributed by atoms with Crippen molar-refractivity contribution in [2.75, 3.05) is 18.5 Å². The van der Waals surface area contributed by atoms with E-state index in [0.29, 0.717) is 24.4 Å². The summed E-state index contributed by atoms with van der Waals surface area (Å²) >= 11 is 0. The van der Waals surface area contributed by atoms with Crippen LogP contribution in [-0.2, 0) is 14.3 Å². The second-order valence-corrected chi connectivity index (χ2v) is 5.83. The highest BCUT2D eigenvalue weighted by Gasteiger charge is 2.28. The van der Waals surface area contributed by atoms with Crippen LogP contribution in [0.4, 0.5) is 11.4 Å². The Bertz CT molecular complexity index is 628. The number of esters is 1. The third-order valence-corrected chi connectivity index (χ3v) is 3.40. The number of nitro benzene ring substituents is 1. The summed E-state index contributed by atoms with van der Waals surface area (Å²) in [5.41, 5.74) is 0.232. The molecule has 0 unspecified atom stereocenters. The fourth-order valence-corrected chi connectivity index (χ4v) is 1.99. The molecule has 8 heteroatoms. The molecule has 132 valence electrons. The van der Waals surface area contributed by atoms with Gasteiger partial charge in [-0.05, 0) is 39.3 Å². The molecule has 1 amide bonds. The van der Waals surface area contributed by atoms with Gasteiger partial charge in [0.05, 0.1) is 11.5 Å². The molecule has 24 heavy (non-hydrogen) atoms. The first kappa shape index (κ1) is 19.6. The van der Waals surface area contributed by atoms with E-state index in [2.05, 4.69) is 10.6 Å². The number of nitro groups is 1. The molecule has 8 nitrogen and oxygen atoms in total. The minimum absolute atomic E-state index is 0.0247. The molecule has 0 aliphatic heterocycles. The molecule has 2 N–H and O–H groups in total. The maximum absolute atomic E-state index is 12.0. The SMILES string of the molecule is CCOC(=O)C(C)(C)NCCC(=O)Nc1ccc([N+](=O)[O-])cc1C. The average Bonchev–Trinajstić information content (AvgIpc) is 2.49. The van der Waals surface area contributed by atoms with Crippen LogP contribution in [0.5, 0.6) is 0 Å². The van der Waals surface area contributed by atoms with Crippen molar-refractivity contribution in [3.8, 4) is 0 Å². The quantitative estimate of drug-likeness (QED) is 0.427. The van der Waals surface area contributed by atoms with Gasteiger partial charge in [-0.3, -0.25) is 19.7 Å². The highest BCUT2D eigenvalue weighted by Crippen LogP contribution is 2.21. The number of hydrogen-bond acceptors (Lipinski definition) is 6. The number of aryl methyl sites for hydroxylation is 1. The molecule has 0 atom stereocenters. The summed E-state index contributed by atoms with van der Waals surface area (Å²) < 4.78 is 4.95. The fourth-order valence-electron chi connectivity index (χ4n) is 1.99. The van der Waals surface area contributed by atoms with E-state index in [9.17, 15) is 19.7 Å². The monoisotopic (exact) mass is 337 g/mol. The molecule has 0 heterocycles. The summed E-state index contributed by atoms with van der Waals surface area (Å²) in [7, 11) is 0. The van der Waals surface area contributed by atoms with Crippen LogP contribution in [0.2, 0.25) is 0 Å². The second-order valence-electron chi connectivity index (χ2n) is 5.83. The molecule has 0 saturated heterocycles. The van der Waals surface area contributed by atoms with Crippen molar-refractivity contribution >= 4 is 23.3 Å². The van der Waals surface area contributed by atoms with Gasteiger partial charge in [0.25, 0.3) is 5.69 Å². The van der Waals surface area contributed by atoms with E-state index in [1.807, 2.05) is 0 Å². The van der Waals surface area contributed by atoms with Gasteiger partial charge < -0.3 is 15.4 Å². The van der Waals surface area contributed by atoms with Crippen LogP contribution in [0, 0.1) is 17.0 Å². The number of ether oxygens (including phenoxy) is 1. The van der Waals surface area contributed by atoms with E-state index in [1.165, 1.54) is 18.2 Å². The summed E-state index contributed by atoms with van der Waals surface area (Å²) in [5.74, 6) is -0.629. The molecule has 0 fully saturated rings. The normalized spacial score (nSPS) is 11.0. The topological polar surface area (TPSA) is 111 Å². The van der Waals surface area contributed by atoms with Gasteiger partial charge in [0.2, 0.25) is 5.91 Å². The van der Waals surface area contributed by atoms with Crippen molar-refractivity contribution in [3.63, 3.8) is 0 Å². The molecule has 0 aromatic heterocycles. The molecule has 1 aromatic carbocycles. The van der Waals surface area contributed by atoms with Gasteiger partial charge in [0.15, 0.2) is 0 Å². The summed E-state index contributed by atoms with van der Waals surface area (Å²) in [6, 6.07) is 4.24. The van der Waals surface area contributed by atoms with E-state index in [-0.39, 0.29) is 24.0 Å². The molecule has 0 aliphatic carbocycles. The Balaban J connectivity index is 2.53. The predicted molar refractivity (Wildman–Crippen MR) is 89.8 cm³/mol. The van der Waals surface area contributed by atoms with Crippen LogP contribution in [0.15, 0.2) is 18.2 Å². The second kappa shape index (κ2) is 8.39. The Hall–Kier alpha value is -2.48. The van der Waals surface area contributed by atoms with Crippen molar-refractivity contribution in [1.29, 1.82) is 0 Å². The van der Waals surface area contributed by atoms with Crippen LogP contribution >= 0.6 is 0 Å². The minimum Gasteiger partial charge on any atom is -0.465 e. The number of anilines is 1. The highest BCUT2D eigenvalue weighted by atomic mass is 16.6. The Morgan fingerprint density at radius 1 is 1.33 bits per heavy atom. The third-order valence-electron chi connectivity index (χ3n) is 3.40. The highest BCUT2D eigenvalue weighted by molar-refractivity contribution is 5.91. The standard InChI is InChI=1S/C16H23N3O5/c1-5-24-15(21)16(3,4)17-9-8-14(20)18-13-7-6-12(19(22)23)10-11(13)2/h6-7,10,17H,5,8-9H2,1-4H3,(H,18,20). The first-order valence-corrected chi connectivity index (χ1v) is 7.64. The number of non-ortho nitro benzene ring substituents is 1. The number of carbonyl (C=O) groups excluding carboxylic acids is 2. The number of amides is 1. The van der Waals surface area contributed by atoms with E-state index < -0.39 is 10.5 Å². The fraction of sp³-hybridized carbons (Fsp3) is 0.500. The van der Waals surface area contributed by atoms with E-state index >= 15 is 0 Å². The van der Waals surface area contributed by atoms with Gasteiger partial charge in [-0.15, -0.1) is 0 Å². The molecule has 0 radical (unpaired) electrons. The Labute approximate surface area is 140 Å². The van der Waals surface area contributed by atoms with Crippen LogP contribution in [-0.4, -0.2) is 35.5 Å². The number of carbonyl (C=O) groups is 2. The molecule has 0 aliphatic rings. The third kappa shape index (κ3) is 5.62. The van der Waals surface area contributed by atoms with Crippen molar-refractivity contribution in [3.05, 3.63) is 33.9 Å². The van der Waals surface area contributed by atoms with Crippen LogP contribution in [0.25, 0.3) is 0 Å². The van der Waals surface area contributed by atoms with E-state index in [0.717, 1.165) is 0 Å². The van der Waals surface area contributed by atoms with Crippen LogP contribution < -0.4 is 10.6 Å². The van der Waals surface area contributed by atoms with E-state index in [4.69, 9.17) is 4.74 Å². The van der Waals surface area contributed by atoms with Crippen molar-refractivity contribution < 1.29 is 19.2 Å². The molecular formula is C16H23N3O5. The molecule has 1 aromatic rings. The van der Waals surface area contributed by atoms with Gasteiger partial charge in [0, 0.05) is 30.8 Å². The maximum atomic E-state index is 12.0. The number of nitrogens with one attached hydrogen (secondary N) is 2. The number of nitrogens with zero attached hydrogens (tertiary/aromatic N) is 1. The van der Waals surface area contributed by atoms with Gasteiger partial charge >= 0.3 is 5.97 Å². The zero-order valence-electron chi connectivity index (χ0n) is 14.3. The Morgan fingerprint density at radius 2 is 2.00 bits per heavy atom. The minimum atomic E-state index is -0.875. The number of hydrogen-bond donors (Lipinski definition) is 2. The van der Waals surface area contributed by atoms with Crippen molar-refractivity contribution in [2.24, 2.45) is 0 Å². The summed E-state index contributed by atoms with van der Waals surface area (Å²) in [4.78, 5) is 33.9.